The van der Waals surface area contributed by atoms with Crippen LogP contribution in [0.25, 0.3) is 0 Å². The summed E-state index contributed by atoms with van der Waals surface area (Å²) in [7, 11) is 0. The van der Waals surface area contributed by atoms with Crippen molar-refractivity contribution in [3.63, 3.8) is 0 Å². The van der Waals surface area contributed by atoms with Gasteiger partial charge in [0.15, 0.2) is 0 Å². The van der Waals surface area contributed by atoms with Crippen LogP contribution in [0.2, 0.25) is 0 Å². The summed E-state index contributed by atoms with van der Waals surface area (Å²) in [5, 5.41) is 0. The third-order valence-electron chi connectivity index (χ3n) is 2.68. The van der Waals surface area contributed by atoms with Crippen LogP contribution in [0, 0.1) is 0 Å². The van der Waals surface area contributed by atoms with Gasteiger partial charge in [0.25, 0.3) is 0 Å². The Labute approximate surface area is 96.7 Å². The summed E-state index contributed by atoms with van der Waals surface area (Å²) in [6, 6.07) is -0.328. The van der Waals surface area contributed by atoms with Gasteiger partial charge >= 0.3 is 6.03 Å². The van der Waals surface area contributed by atoms with Gasteiger partial charge in [-0.3, -0.25) is 4.90 Å². The summed E-state index contributed by atoms with van der Waals surface area (Å²) in [5.41, 5.74) is 6.36. The lowest BCUT2D eigenvalue weighted by Gasteiger charge is -2.33. The Balaban J connectivity index is 2.42. The molecule has 1 heterocycles. The van der Waals surface area contributed by atoms with Crippen molar-refractivity contribution >= 4 is 6.03 Å². The number of allylic oxidation sites excluding steroid dienone is 2. The zero-order chi connectivity index (χ0) is 12.0. The lowest BCUT2D eigenvalue weighted by Crippen LogP contribution is -2.50. The maximum atomic E-state index is 10.9. The van der Waals surface area contributed by atoms with Crippen LogP contribution >= 0.6 is 0 Å². The number of primary amides is 1. The fraction of sp³-hybridized carbons (Fsp3) is 0.417. The van der Waals surface area contributed by atoms with Gasteiger partial charge in [-0.15, -0.1) is 0 Å². The molecular formula is C12H19N3O. The Bertz CT molecular complexity index is 301. The van der Waals surface area contributed by atoms with Crippen molar-refractivity contribution in [1.29, 1.82) is 0 Å². The van der Waals surface area contributed by atoms with Crippen molar-refractivity contribution < 1.29 is 4.79 Å². The molecule has 2 amide bonds. The molecular weight excluding hydrogens is 202 g/mol. The first kappa shape index (κ1) is 12.5. The molecule has 0 aliphatic carbocycles. The van der Waals surface area contributed by atoms with Crippen LogP contribution < -0.4 is 5.73 Å². The molecule has 0 aromatic heterocycles. The molecule has 0 atom stereocenters. The van der Waals surface area contributed by atoms with E-state index in [1.807, 2.05) is 12.2 Å². The highest BCUT2D eigenvalue weighted by Crippen LogP contribution is 2.06. The van der Waals surface area contributed by atoms with Gasteiger partial charge < -0.3 is 10.6 Å². The Morgan fingerprint density at radius 1 is 1.25 bits per heavy atom. The summed E-state index contributed by atoms with van der Waals surface area (Å²) in [5.74, 6) is 0. The SMILES string of the molecule is C=C/C=C(\C=C)CN1CCN(C(N)=O)CC1. The van der Waals surface area contributed by atoms with Gasteiger partial charge in [0.1, 0.15) is 0 Å². The molecule has 2 N–H and O–H groups in total. The zero-order valence-electron chi connectivity index (χ0n) is 9.56. The smallest absolute Gasteiger partial charge is 0.314 e. The molecule has 1 aliphatic rings. The number of carbonyl (C=O) groups excluding carboxylic acids is 1. The second-order valence-corrected chi connectivity index (χ2v) is 3.78. The molecule has 1 fully saturated rings. The van der Waals surface area contributed by atoms with E-state index in [2.05, 4.69) is 18.1 Å². The largest absolute Gasteiger partial charge is 0.351 e. The summed E-state index contributed by atoms with van der Waals surface area (Å²) in [6.07, 6.45) is 5.55. The molecule has 0 saturated carbocycles. The fourth-order valence-corrected chi connectivity index (χ4v) is 1.72. The lowest BCUT2D eigenvalue weighted by atomic mass is 10.2. The van der Waals surface area contributed by atoms with Gasteiger partial charge in [0, 0.05) is 32.7 Å². The van der Waals surface area contributed by atoms with E-state index < -0.39 is 0 Å². The van der Waals surface area contributed by atoms with E-state index in [1.54, 1.807) is 11.0 Å². The fourth-order valence-electron chi connectivity index (χ4n) is 1.72. The number of rotatable bonds is 4. The van der Waals surface area contributed by atoms with E-state index in [-0.39, 0.29) is 6.03 Å². The van der Waals surface area contributed by atoms with Crippen LogP contribution in [0.1, 0.15) is 0 Å². The van der Waals surface area contributed by atoms with Crippen molar-refractivity contribution in [2.75, 3.05) is 32.7 Å². The van der Waals surface area contributed by atoms with Gasteiger partial charge in [-0.25, -0.2) is 4.79 Å². The molecule has 4 nitrogen and oxygen atoms in total. The van der Waals surface area contributed by atoms with Gasteiger partial charge in [0.05, 0.1) is 0 Å². The van der Waals surface area contributed by atoms with Gasteiger partial charge in [-0.2, -0.15) is 0 Å². The normalized spacial score (nSPS) is 18.2. The molecule has 0 radical (unpaired) electrons. The Morgan fingerprint density at radius 2 is 1.88 bits per heavy atom. The highest BCUT2D eigenvalue weighted by molar-refractivity contribution is 5.72. The summed E-state index contributed by atoms with van der Waals surface area (Å²) in [6.45, 7) is 11.4. The van der Waals surface area contributed by atoms with Crippen molar-refractivity contribution in [1.82, 2.24) is 9.80 Å². The van der Waals surface area contributed by atoms with Crippen LogP contribution in [0.4, 0.5) is 4.79 Å². The molecule has 1 rings (SSSR count). The van der Waals surface area contributed by atoms with Crippen molar-refractivity contribution in [3.05, 3.63) is 37.0 Å². The third kappa shape index (κ3) is 3.55. The maximum Gasteiger partial charge on any atom is 0.314 e. The predicted molar refractivity (Wildman–Crippen MR) is 66.1 cm³/mol. The molecule has 0 aromatic rings. The van der Waals surface area contributed by atoms with Crippen molar-refractivity contribution in [2.45, 2.75) is 0 Å². The maximum absolute atomic E-state index is 10.9. The second-order valence-electron chi connectivity index (χ2n) is 3.78. The minimum atomic E-state index is -0.328. The van der Waals surface area contributed by atoms with Crippen LogP contribution in [0.15, 0.2) is 37.0 Å². The standard InChI is InChI=1S/C12H19N3O/c1-3-5-11(4-2)10-14-6-8-15(9-7-14)12(13)16/h3-5H,1-2,6-10H2,(H2,13,16)/b11-5+. The number of carbonyl (C=O) groups is 1. The first-order valence-corrected chi connectivity index (χ1v) is 5.38. The summed E-state index contributed by atoms with van der Waals surface area (Å²) in [4.78, 5) is 14.9. The second kappa shape index (κ2) is 6.12. The number of hydrogen-bond acceptors (Lipinski definition) is 2. The van der Waals surface area contributed by atoms with Gasteiger partial charge in [-0.1, -0.05) is 31.4 Å². The molecule has 1 saturated heterocycles. The van der Waals surface area contributed by atoms with E-state index in [0.717, 1.165) is 25.2 Å². The Hall–Kier alpha value is -1.55. The highest BCUT2D eigenvalue weighted by Gasteiger charge is 2.18. The highest BCUT2D eigenvalue weighted by atomic mass is 16.2. The molecule has 0 unspecified atom stereocenters. The number of urea groups is 1. The van der Waals surface area contributed by atoms with Gasteiger partial charge in [0.2, 0.25) is 0 Å². The third-order valence-corrected chi connectivity index (χ3v) is 2.68. The van der Waals surface area contributed by atoms with E-state index in [9.17, 15) is 4.79 Å². The molecule has 0 spiro atoms. The van der Waals surface area contributed by atoms with Crippen LogP contribution in [0.3, 0.4) is 0 Å². The molecule has 88 valence electrons. The van der Waals surface area contributed by atoms with Gasteiger partial charge in [-0.05, 0) is 5.57 Å². The average molecular weight is 221 g/mol. The monoisotopic (exact) mass is 221 g/mol. The quantitative estimate of drug-likeness (QED) is 0.719. The predicted octanol–water partition coefficient (Wildman–Crippen LogP) is 0.981. The lowest BCUT2D eigenvalue weighted by molar-refractivity contribution is 0.152. The van der Waals surface area contributed by atoms with Crippen molar-refractivity contribution in [3.8, 4) is 0 Å². The van der Waals surface area contributed by atoms with Crippen LogP contribution in [-0.4, -0.2) is 48.6 Å². The summed E-state index contributed by atoms with van der Waals surface area (Å²) < 4.78 is 0. The minimum absolute atomic E-state index is 0.328. The van der Waals surface area contributed by atoms with Crippen molar-refractivity contribution in [2.24, 2.45) is 5.73 Å². The average Bonchev–Trinajstić information content (AvgIpc) is 2.29. The minimum Gasteiger partial charge on any atom is -0.351 e. The van der Waals surface area contributed by atoms with E-state index in [0.29, 0.717) is 13.1 Å². The number of amides is 2. The molecule has 16 heavy (non-hydrogen) atoms. The number of nitrogens with zero attached hydrogens (tertiary/aromatic N) is 2. The molecule has 1 aliphatic heterocycles. The van der Waals surface area contributed by atoms with Crippen LogP contribution in [0.5, 0.6) is 0 Å². The Kier molecular flexibility index (Phi) is 4.79. The van der Waals surface area contributed by atoms with Crippen LogP contribution in [-0.2, 0) is 0 Å². The zero-order valence-corrected chi connectivity index (χ0v) is 9.56. The molecule has 0 bridgehead atoms. The first-order valence-electron chi connectivity index (χ1n) is 5.38. The first-order chi connectivity index (χ1) is 7.67. The molecule has 4 heteroatoms. The number of hydrogen-bond donors (Lipinski definition) is 1. The van der Waals surface area contributed by atoms with E-state index in [1.165, 1.54) is 0 Å². The van der Waals surface area contributed by atoms with E-state index in [4.69, 9.17) is 5.73 Å². The topological polar surface area (TPSA) is 49.6 Å². The number of nitrogens with two attached hydrogens (primary N) is 1. The molecule has 0 aromatic carbocycles. The summed E-state index contributed by atoms with van der Waals surface area (Å²) >= 11 is 0. The van der Waals surface area contributed by atoms with E-state index >= 15 is 0 Å². The Morgan fingerprint density at radius 3 is 2.31 bits per heavy atom. The number of piperazine rings is 1.